The van der Waals surface area contributed by atoms with Crippen LogP contribution in [0.1, 0.15) is 16.7 Å². The van der Waals surface area contributed by atoms with Gasteiger partial charge in [0.15, 0.2) is 12.2 Å². The first-order valence-corrected chi connectivity index (χ1v) is 9.94. The van der Waals surface area contributed by atoms with Crippen molar-refractivity contribution in [1.29, 1.82) is 0 Å². The fourth-order valence-corrected chi connectivity index (χ4v) is 3.38. The standard InChI is InChI=1S/C24H21ClN2O3/c1-14-4-8-22-20(10-14)27-24(30-22)17-6-5-15(2)19(12-17)26-23(28)13-29-21-9-7-18(25)11-16(21)3/h4-12H,13H2,1-3H3,(H,26,28). The van der Waals surface area contributed by atoms with Crippen LogP contribution in [0.5, 0.6) is 5.75 Å². The molecule has 0 aliphatic rings. The number of amides is 1. The minimum absolute atomic E-state index is 0.103. The van der Waals surface area contributed by atoms with E-state index in [1.54, 1.807) is 18.2 Å². The van der Waals surface area contributed by atoms with Crippen LogP contribution in [0.3, 0.4) is 0 Å². The number of halogens is 1. The lowest BCUT2D eigenvalue weighted by Gasteiger charge is -2.12. The van der Waals surface area contributed by atoms with Crippen molar-refractivity contribution in [2.75, 3.05) is 11.9 Å². The lowest BCUT2D eigenvalue weighted by atomic mass is 10.1. The molecule has 1 N–H and O–H groups in total. The molecule has 30 heavy (non-hydrogen) atoms. The molecule has 4 rings (SSSR count). The van der Waals surface area contributed by atoms with Gasteiger partial charge in [0.1, 0.15) is 11.3 Å². The van der Waals surface area contributed by atoms with E-state index in [1.807, 2.05) is 57.2 Å². The van der Waals surface area contributed by atoms with Crippen molar-refractivity contribution in [2.45, 2.75) is 20.8 Å². The number of fused-ring (bicyclic) bond motifs is 1. The Morgan fingerprint density at radius 1 is 1.03 bits per heavy atom. The summed E-state index contributed by atoms with van der Waals surface area (Å²) >= 11 is 5.96. The summed E-state index contributed by atoms with van der Waals surface area (Å²) < 4.78 is 11.5. The van der Waals surface area contributed by atoms with E-state index in [2.05, 4.69) is 10.3 Å². The second kappa shape index (κ2) is 8.20. The van der Waals surface area contributed by atoms with E-state index in [9.17, 15) is 4.79 Å². The van der Waals surface area contributed by atoms with Crippen molar-refractivity contribution in [1.82, 2.24) is 4.98 Å². The Kier molecular flexibility index (Phi) is 5.46. The lowest BCUT2D eigenvalue weighted by molar-refractivity contribution is -0.118. The van der Waals surface area contributed by atoms with Gasteiger partial charge in [-0.15, -0.1) is 0 Å². The third kappa shape index (κ3) is 4.31. The van der Waals surface area contributed by atoms with E-state index in [-0.39, 0.29) is 12.5 Å². The third-order valence-electron chi connectivity index (χ3n) is 4.80. The molecule has 0 saturated heterocycles. The highest BCUT2D eigenvalue weighted by Gasteiger charge is 2.12. The van der Waals surface area contributed by atoms with Crippen LogP contribution < -0.4 is 10.1 Å². The summed E-state index contributed by atoms with van der Waals surface area (Å²) in [5.74, 6) is 0.888. The molecule has 5 nitrogen and oxygen atoms in total. The van der Waals surface area contributed by atoms with Gasteiger partial charge in [-0.05, 0) is 79.9 Å². The molecule has 0 saturated carbocycles. The van der Waals surface area contributed by atoms with Crippen molar-refractivity contribution < 1.29 is 13.9 Å². The Morgan fingerprint density at radius 2 is 1.87 bits per heavy atom. The van der Waals surface area contributed by atoms with Crippen LogP contribution >= 0.6 is 11.6 Å². The summed E-state index contributed by atoms with van der Waals surface area (Å²) in [6, 6.07) is 16.9. The first kappa shape index (κ1) is 20.0. The molecule has 0 unspecified atom stereocenters. The van der Waals surface area contributed by atoms with E-state index in [0.29, 0.717) is 22.4 Å². The molecule has 0 aliphatic heterocycles. The SMILES string of the molecule is Cc1ccc2oc(-c3ccc(C)c(NC(=O)COc4ccc(Cl)cc4C)c3)nc2c1. The Hall–Kier alpha value is -3.31. The molecular formula is C24H21ClN2O3. The number of hydrogen-bond acceptors (Lipinski definition) is 4. The highest BCUT2D eigenvalue weighted by Crippen LogP contribution is 2.28. The normalized spacial score (nSPS) is 10.9. The first-order chi connectivity index (χ1) is 14.4. The molecule has 3 aromatic carbocycles. The molecule has 0 radical (unpaired) electrons. The summed E-state index contributed by atoms with van der Waals surface area (Å²) in [6.45, 7) is 5.73. The number of aryl methyl sites for hydroxylation is 3. The molecular weight excluding hydrogens is 400 g/mol. The summed E-state index contributed by atoms with van der Waals surface area (Å²) in [4.78, 5) is 17.0. The number of benzene rings is 3. The number of rotatable bonds is 5. The van der Waals surface area contributed by atoms with Gasteiger partial charge in [-0.2, -0.15) is 0 Å². The van der Waals surface area contributed by atoms with Crippen molar-refractivity contribution in [3.8, 4) is 17.2 Å². The maximum absolute atomic E-state index is 12.4. The fraction of sp³-hybridized carbons (Fsp3) is 0.167. The zero-order valence-corrected chi connectivity index (χ0v) is 17.7. The van der Waals surface area contributed by atoms with Crippen LogP contribution in [0, 0.1) is 20.8 Å². The fourth-order valence-electron chi connectivity index (χ4n) is 3.15. The maximum Gasteiger partial charge on any atom is 0.262 e. The van der Waals surface area contributed by atoms with E-state index in [1.165, 1.54) is 0 Å². The number of anilines is 1. The average molecular weight is 421 g/mol. The molecule has 1 heterocycles. The zero-order valence-electron chi connectivity index (χ0n) is 17.0. The molecule has 0 spiro atoms. The van der Waals surface area contributed by atoms with E-state index in [4.69, 9.17) is 20.8 Å². The molecule has 1 amide bonds. The molecule has 0 fully saturated rings. The van der Waals surface area contributed by atoms with Crippen molar-refractivity contribution in [3.63, 3.8) is 0 Å². The van der Waals surface area contributed by atoms with Gasteiger partial charge in [0.2, 0.25) is 5.89 Å². The van der Waals surface area contributed by atoms with Crippen molar-refractivity contribution in [2.24, 2.45) is 0 Å². The number of oxazole rings is 1. The second-order valence-electron chi connectivity index (χ2n) is 7.27. The van der Waals surface area contributed by atoms with E-state index in [0.717, 1.165) is 33.4 Å². The van der Waals surface area contributed by atoms with Crippen LogP contribution in [0.4, 0.5) is 5.69 Å². The van der Waals surface area contributed by atoms with Crippen molar-refractivity contribution in [3.05, 3.63) is 76.3 Å². The highest BCUT2D eigenvalue weighted by molar-refractivity contribution is 6.30. The molecule has 152 valence electrons. The number of hydrogen-bond donors (Lipinski definition) is 1. The van der Waals surface area contributed by atoms with Gasteiger partial charge in [0.25, 0.3) is 5.91 Å². The predicted molar refractivity (Wildman–Crippen MR) is 119 cm³/mol. The molecule has 1 aromatic heterocycles. The van der Waals surface area contributed by atoms with Gasteiger partial charge in [0.05, 0.1) is 0 Å². The summed E-state index contributed by atoms with van der Waals surface area (Å²) in [5, 5.41) is 3.54. The Bertz CT molecular complexity index is 1250. The maximum atomic E-state index is 12.4. The quantitative estimate of drug-likeness (QED) is 0.424. The van der Waals surface area contributed by atoms with E-state index >= 15 is 0 Å². The van der Waals surface area contributed by atoms with Crippen LogP contribution in [0.25, 0.3) is 22.6 Å². The van der Waals surface area contributed by atoms with Crippen LogP contribution in [0.2, 0.25) is 5.02 Å². The first-order valence-electron chi connectivity index (χ1n) is 9.56. The predicted octanol–water partition coefficient (Wildman–Crippen LogP) is 6.09. The van der Waals surface area contributed by atoms with Gasteiger partial charge in [-0.1, -0.05) is 23.7 Å². The number of nitrogens with one attached hydrogen (secondary N) is 1. The summed E-state index contributed by atoms with van der Waals surface area (Å²) in [5.41, 5.74) is 5.94. The Balaban J connectivity index is 1.50. The van der Waals surface area contributed by atoms with Crippen LogP contribution in [-0.4, -0.2) is 17.5 Å². The van der Waals surface area contributed by atoms with E-state index < -0.39 is 0 Å². The van der Waals surface area contributed by atoms with Gasteiger partial charge < -0.3 is 14.5 Å². The number of nitrogens with zero attached hydrogens (tertiary/aromatic N) is 1. The van der Waals surface area contributed by atoms with Crippen LogP contribution in [-0.2, 0) is 4.79 Å². The zero-order chi connectivity index (χ0) is 21.3. The minimum Gasteiger partial charge on any atom is -0.483 e. The summed E-state index contributed by atoms with van der Waals surface area (Å²) in [6.07, 6.45) is 0. The lowest BCUT2D eigenvalue weighted by Crippen LogP contribution is -2.21. The number of aromatic nitrogens is 1. The van der Waals surface area contributed by atoms with Gasteiger partial charge in [-0.3, -0.25) is 4.79 Å². The number of ether oxygens (including phenoxy) is 1. The highest BCUT2D eigenvalue weighted by atomic mass is 35.5. The number of carbonyl (C=O) groups excluding carboxylic acids is 1. The second-order valence-corrected chi connectivity index (χ2v) is 7.70. The Labute approximate surface area is 179 Å². The van der Waals surface area contributed by atoms with Crippen molar-refractivity contribution >= 4 is 34.3 Å². The molecule has 4 aromatic rings. The topological polar surface area (TPSA) is 64.4 Å². The van der Waals surface area contributed by atoms with Gasteiger partial charge in [-0.25, -0.2) is 4.98 Å². The molecule has 0 bridgehead atoms. The van der Waals surface area contributed by atoms with Gasteiger partial charge in [0, 0.05) is 16.3 Å². The smallest absolute Gasteiger partial charge is 0.262 e. The monoisotopic (exact) mass is 420 g/mol. The van der Waals surface area contributed by atoms with Gasteiger partial charge >= 0.3 is 0 Å². The Morgan fingerprint density at radius 3 is 2.67 bits per heavy atom. The third-order valence-corrected chi connectivity index (χ3v) is 5.03. The molecule has 0 aliphatic carbocycles. The van der Waals surface area contributed by atoms with Crippen LogP contribution in [0.15, 0.2) is 59.0 Å². The average Bonchev–Trinajstić information content (AvgIpc) is 3.12. The number of carbonyl (C=O) groups is 1. The minimum atomic E-state index is -0.252. The molecule has 0 atom stereocenters. The molecule has 6 heteroatoms. The largest absolute Gasteiger partial charge is 0.483 e. The summed E-state index contributed by atoms with van der Waals surface area (Å²) in [7, 11) is 0.